The second-order valence-electron chi connectivity index (χ2n) is 6.57. The predicted molar refractivity (Wildman–Crippen MR) is 120 cm³/mol. The standard InChI is InChI=1S/C24H20BrNO3/c1-28-18-13-19(29-2)22-20(15-9-5-3-6-10-15)23(16-11-7-4-8-12-16)26-24(22)21(18)17(27)14-25/h3-13,26H,14H2,1-2H3. The smallest absolute Gasteiger partial charge is 0.179 e. The van der Waals surface area contributed by atoms with Gasteiger partial charge in [-0.15, -0.1) is 0 Å². The van der Waals surface area contributed by atoms with Crippen molar-refractivity contribution in [2.75, 3.05) is 19.5 Å². The molecule has 0 atom stereocenters. The van der Waals surface area contributed by atoms with Gasteiger partial charge in [0.05, 0.1) is 41.7 Å². The highest BCUT2D eigenvalue weighted by molar-refractivity contribution is 9.09. The van der Waals surface area contributed by atoms with Gasteiger partial charge < -0.3 is 14.5 Å². The summed E-state index contributed by atoms with van der Waals surface area (Å²) in [5.41, 5.74) is 5.22. The zero-order chi connectivity index (χ0) is 20.4. The molecule has 0 unspecified atom stereocenters. The van der Waals surface area contributed by atoms with E-state index >= 15 is 0 Å². The summed E-state index contributed by atoms with van der Waals surface area (Å²) in [5, 5.41) is 1.06. The van der Waals surface area contributed by atoms with E-state index < -0.39 is 0 Å². The fourth-order valence-corrected chi connectivity index (χ4v) is 3.98. The van der Waals surface area contributed by atoms with Crippen LogP contribution >= 0.6 is 15.9 Å². The number of Topliss-reactive ketones (excluding diaryl/α,β-unsaturated/α-hetero) is 1. The number of carbonyl (C=O) groups excluding carboxylic acids is 1. The summed E-state index contributed by atoms with van der Waals surface area (Å²) in [6, 6.07) is 22.0. The van der Waals surface area contributed by atoms with Crippen molar-refractivity contribution in [2.45, 2.75) is 0 Å². The third-order valence-corrected chi connectivity index (χ3v) is 5.48. The Kier molecular flexibility index (Phi) is 5.41. The molecule has 0 aliphatic rings. The summed E-state index contributed by atoms with van der Waals surface area (Å²) < 4.78 is 11.3. The van der Waals surface area contributed by atoms with Gasteiger partial charge in [0.1, 0.15) is 11.5 Å². The van der Waals surface area contributed by atoms with Gasteiger partial charge in [-0.1, -0.05) is 76.6 Å². The maximum absolute atomic E-state index is 12.8. The van der Waals surface area contributed by atoms with Gasteiger partial charge in [0.2, 0.25) is 0 Å². The van der Waals surface area contributed by atoms with Gasteiger partial charge in [0, 0.05) is 11.6 Å². The minimum atomic E-state index is -0.0602. The zero-order valence-corrected chi connectivity index (χ0v) is 17.7. The molecule has 1 aromatic heterocycles. The lowest BCUT2D eigenvalue weighted by Gasteiger charge is -2.12. The van der Waals surface area contributed by atoms with Crippen LogP contribution in [-0.4, -0.2) is 30.3 Å². The fourth-order valence-electron chi connectivity index (χ4n) is 3.70. The number of ether oxygens (including phenoxy) is 2. The lowest BCUT2D eigenvalue weighted by molar-refractivity contribution is 0.102. The summed E-state index contributed by atoms with van der Waals surface area (Å²) in [6.45, 7) is 0. The Morgan fingerprint density at radius 3 is 2.03 bits per heavy atom. The van der Waals surface area contributed by atoms with Crippen LogP contribution in [0.2, 0.25) is 0 Å². The van der Waals surface area contributed by atoms with Crippen molar-refractivity contribution in [1.82, 2.24) is 4.98 Å². The van der Waals surface area contributed by atoms with Crippen molar-refractivity contribution in [3.63, 3.8) is 0 Å². The molecule has 1 heterocycles. The first-order valence-corrected chi connectivity index (χ1v) is 10.3. The van der Waals surface area contributed by atoms with E-state index in [-0.39, 0.29) is 11.1 Å². The minimum absolute atomic E-state index is 0.0602. The topological polar surface area (TPSA) is 51.3 Å². The molecule has 0 saturated heterocycles. The summed E-state index contributed by atoms with van der Waals surface area (Å²) in [5.74, 6) is 1.08. The number of halogens is 1. The highest BCUT2D eigenvalue weighted by Crippen LogP contribution is 2.46. The van der Waals surface area contributed by atoms with E-state index in [1.807, 2.05) is 48.5 Å². The number of ketones is 1. The van der Waals surface area contributed by atoms with Gasteiger partial charge >= 0.3 is 0 Å². The number of fused-ring (bicyclic) bond motifs is 1. The van der Waals surface area contributed by atoms with E-state index in [4.69, 9.17) is 9.47 Å². The number of alkyl halides is 1. The highest BCUT2D eigenvalue weighted by Gasteiger charge is 2.26. The van der Waals surface area contributed by atoms with Gasteiger partial charge in [-0.05, 0) is 11.1 Å². The molecule has 0 aliphatic carbocycles. The number of aromatic nitrogens is 1. The van der Waals surface area contributed by atoms with Crippen LogP contribution in [0.15, 0.2) is 66.7 Å². The summed E-state index contributed by atoms with van der Waals surface area (Å²) in [7, 11) is 3.19. The summed E-state index contributed by atoms with van der Waals surface area (Å²) in [6.07, 6.45) is 0. The molecule has 0 aliphatic heterocycles. The fraction of sp³-hybridized carbons (Fsp3) is 0.125. The van der Waals surface area contributed by atoms with Crippen LogP contribution < -0.4 is 9.47 Å². The Bertz CT molecular complexity index is 1170. The first kappa shape index (κ1) is 19.3. The summed E-state index contributed by atoms with van der Waals surface area (Å²) in [4.78, 5) is 16.3. The van der Waals surface area contributed by atoms with Crippen LogP contribution in [0.1, 0.15) is 10.4 Å². The molecule has 0 spiro atoms. The minimum Gasteiger partial charge on any atom is -0.496 e. The van der Waals surface area contributed by atoms with Crippen LogP contribution in [0.5, 0.6) is 11.5 Å². The number of rotatable bonds is 6. The number of methoxy groups -OCH3 is 2. The van der Waals surface area contributed by atoms with Crippen molar-refractivity contribution < 1.29 is 14.3 Å². The lowest BCUT2D eigenvalue weighted by atomic mass is 9.96. The van der Waals surface area contributed by atoms with Crippen molar-refractivity contribution >= 4 is 32.6 Å². The highest BCUT2D eigenvalue weighted by atomic mass is 79.9. The van der Waals surface area contributed by atoms with Crippen LogP contribution in [0.3, 0.4) is 0 Å². The van der Waals surface area contributed by atoms with Crippen LogP contribution in [0.25, 0.3) is 33.3 Å². The lowest BCUT2D eigenvalue weighted by Crippen LogP contribution is -2.05. The van der Waals surface area contributed by atoms with Gasteiger partial charge in [0.15, 0.2) is 5.78 Å². The second kappa shape index (κ2) is 8.13. The molecule has 4 aromatic rings. The van der Waals surface area contributed by atoms with Gasteiger partial charge in [0.25, 0.3) is 0 Å². The van der Waals surface area contributed by atoms with E-state index in [0.29, 0.717) is 22.6 Å². The molecule has 0 saturated carbocycles. The third-order valence-electron chi connectivity index (χ3n) is 4.97. The molecule has 0 bridgehead atoms. The number of carbonyl (C=O) groups is 1. The van der Waals surface area contributed by atoms with E-state index in [1.165, 1.54) is 0 Å². The number of benzene rings is 3. The normalized spacial score (nSPS) is 10.9. The largest absolute Gasteiger partial charge is 0.496 e. The van der Waals surface area contributed by atoms with Crippen LogP contribution in [-0.2, 0) is 0 Å². The Balaban J connectivity index is 2.19. The maximum atomic E-state index is 12.8. The molecular formula is C24H20BrNO3. The third kappa shape index (κ3) is 3.32. The van der Waals surface area contributed by atoms with E-state index in [2.05, 4.69) is 33.0 Å². The number of hydrogen-bond acceptors (Lipinski definition) is 3. The molecule has 1 N–H and O–H groups in total. The van der Waals surface area contributed by atoms with Crippen molar-refractivity contribution in [3.05, 3.63) is 72.3 Å². The molecule has 0 radical (unpaired) electrons. The first-order chi connectivity index (χ1) is 14.2. The molecule has 0 fully saturated rings. The number of nitrogens with one attached hydrogen (secondary N) is 1. The second-order valence-corrected chi connectivity index (χ2v) is 7.13. The molecular weight excluding hydrogens is 430 g/mol. The van der Waals surface area contributed by atoms with Crippen molar-refractivity contribution in [2.24, 2.45) is 0 Å². The van der Waals surface area contributed by atoms with E-state index in [0.717, 1.165) is 27.8 Å². The Morgan fingerprint density at radius 1 is 0.897 bits per heavy atom. The number of hydrogen-bond donors (Lipinski definition) is 1. The predicted octanol–water partition coefficient (Wildman–Crippen LogP) is 6.10. The number of H-pyrrole nitrogens is 1. The molecule has 146 valence electrons. The van der Waals surface area contributed by atoms with Gasteiger partial charge in [-0.2, -0.15) is 0 Å². The van der Waals surface area contributed by atoms with Crippen LogP contribution in [0, 0.1) is 0 Å². The molecule has 29 heavy (non-hydrogen) atoms. The Labute approximate surface area is 177 Å². The average Bonchev–Trinajstić information content (AvgIpc) is 3.19. The zero-order valence-electron chi connectivity index (χ0n) is 16.2. The Morgan fingerprint density at radius 2 is 1.48 bits per heavy atom. The quantitative estimate of drug-likeness (QED) is 0.286. The number of aromatic amines is 1. The molecule has 0 amide bonds. The SMILES string of the molecule is COc1cc(OC)c2c(-c3ccccc3)c(-c3ccccc3)[nH]c2c1C(=O)CBr. The Hall–Kier alpha value is -3.05. The maximum Gasteiger partial charge on any atom is 0.179 e. The van der Waals surface area contributed by atoms with Gasteiger partial charge in [-0.25, -0.2) is 0 Å². The molecule has 3 aromatic carbocycles. The van der Waals surface area contributed by atoms with Crippen molar-refractivity contribution in [1.29, 1.82) is 0 Å². The van der Waals surface area contributed by atoms with Crippen LogP contribution in [0.4, 0.5) is 0 Å². The summed E-state index contributed by atoms with van der Waals surface area (Å²) >= 11 is 3.30. The molecule has 4 rings (SSSR count). The first-order valence-electron chi connectivity index (χ1n) is 9.20. The van der Waals surface area contributed by atoms with E-state index in [9.17, 15) is 4.79 Å². The average molecular weight is 450 g/mol. The van der Waals surface area contributed by atoms with E-state index in [1.54, 1.807) is 20.3 Å². The molecule has 4 nitrogen and oxygen atoms in total. The molecule has 5 heteroatoms. The van der Waals surface area contributed by atoms with Gasteiger partial charge in [-0.3, -0.25) is 4.79 Å². The van der Waals surface area contributed by atoms with Crippen molar-refractivity contribution in [3.8, 4) is 33.9 Å². The monoisotopic (exact) mass is 449 g/mol.